The number of hydrogen-bond acceptors (Lipinski definition) is 11. The van der Waals surface area contributed by atoms with Gasteiger partial charge < -0.3 is 52.1 Å². The summed E-state index contributed by atoms with van der Waals surface area (Å²) in [6, 6.07) is 0. The minimum absolute atomic E-state index is 0.528. The molecule has 308 valence electrons. The lowest BCUT2D eigenvalue weighted by atomic mass is 10.0. The lowest BCUT2D eigenvalue weighted by Crippen LogP contribution is -2.15. The lowest BCUT2D eigenvalue weighted by molar-refractivity contribution is -0.0275. The molecule has 0 aromatic carbocycles. The average molecular weight is 739 g/mol. The molecule has 0 aromatic heterocycles. The zero-order chi connectivity index (χ0) is 36.6. The van der Waals surface area contributed by atoms with Gasteiger partial charge in [0, 0.05) is 13.2 Å². The zero-order valence-electron chi connectivity index (χ0n) is 33.4. The van der Waals surface area contributed by atoms with Gasteiger partial charge in [0.05, 0.1) is 132 Å². The van der Waals surface area contributed by atoms with Crippen molar-refractivity contribution in [2.75, 3.05) is 145 Å². The minimum Gasteiger partial charge on any atom is -0.379 e. The molecule has 0 unspecified atom stereocenters. The molecule has 0 bridgehead atoms. The zero-order valence-corrected chi connectivity index (χ0v) is 33.4. The van der Waals surface area contributed by atoms with Crippen molar-refractivity contribution in [2.24, 2.45) is 0 Å². The van der Waals surface area contributed by atoms with Gasteiger partial charge >= 0.3 is 0 Å². The first-order chi connectivity index (χ1) is 25.4. The summed E-state index contributed by atoms with van der Waals surface area (Å²) in [7, 11) is 0. The van der Waals surface area contributed by atoms with Crippen LogP contribution in [0.2, 0.25) is 0 Å². The van der Waals surface area contributed by atoms with Gasteiger partial charge in [-0.1, -0.05) is 104 Å². The van der Waals surface area contributed by atoms with E-state index < -0.39 is 0 Å². The van der Waals surface area contributed by atoms with Crippen LogP contribution in [0.1, 0.15) is 117 Å². The van der Waals surface area contributed by atoms with Crippen LogP contribution in [-0.4, -0.2) is 145 Å². The van der Waals surface area contributed by atoms with Crippen molar-refractivity contribution in [3.63, 3.8) is 0 Å². The maximum Gasteiger partial charge on any atom is 0.0701 e. The third-order valence-corrected chi connectivity index (χ3v) is 8.00. The Kier molecular flexibility index (Phi) is 49.1. The molecule has 0 atom stereocenters. The molecule has 0 fully saturated rings. The second kappa shape index (κ2) is 49.6. The standard InChI is InChI=1S/C40H82O11/c1-3-5-7-8-9-10-11-12-13-14-15-16-17-18-20-42-22-24-44-26-28-46-30-32-48-34-36-50-38-40-51-39-37-49-35-33-47-31-29-45-27-25-43-23-21-41-19-6-4-2/h3-40H2,1-2H3. The van der Waals surface area contributed by atoms with Gasteiger partial charge in [0.25, 0.3) is 0 Å². The molecule has 0 aliphatic heterocycles. The van der Waals surface area contributed by atoms with E-state index in [4.69, 9.17) is 52.1 Å². The quantitative estimate of drug-likeness (QED) is 0.0582. The highest BCUT2D eigenvalue weighted by molar-refractivity contribution is 4.49. The van der Waals surface area contributed by atoms with E-state index in [2.05, 4.69) is 13.8 Å². The fourth-order valence-electron chi connectivity index (χ4n) is 4.95. The number of rotatable bonds is 48. The first kappa shape index (κ1) is 50.6. The molecule has 0 spiro atoms. The van der Waals surface area contributed by atoms with E-state index in [0.29, 0.717) is 132 Å². The summed E-state index contributed by atoms with van der Waals surface area (Å²) in [5, 5.41) is 0. The van der Waals surface area contributed by atoms with Crippen LogP contribution in [0.25, 0.3) is 0 Å². The largest absolute Gasteiger partial charge is 0.379 e. The average Bonchev–Trinajstić information content (AvgIpc) is 3.14. The SMILES string of the molecule is CCCCCCCCCCCCCCCCOCCOCCOCCOCCOCCOCCOCCOCCOCCOCCOCCCC. The van der Waals surface area contributed by atoms with Gasteiger partial charge in [-0.15, -0.1) is 0 Å². The van der Waals surface area contributed by atoms with E-state index in [1.54, 1.807) is 0 Å². The Morgan fingerprint density at radius 3 is 0.529 bits per heavy atom. The van der Waals surface area contributed by atoms with Gasteiger partial charge in [-0.25, -0.2) is 0 Å². The molecular weight excluding hydrogens is 656 g/mol. The molecule has 0 amide bonds. The maximum absolute atomic E-state index is 5.68. The summed E-state index contributed by atoms with van der Waals surface area (Å²) in [6.07, 6.45) is 21.5. The van der Waals surface area contributed by atoms with Crippen LogP contribution >= 0.6 is 0 Å². The van der Waals surface area contributed by atoms with Gasteiger partial charge in [0.1, 0.15) is 0 Å². The summed E-state index contributed by atoms with van der Waals surface area (Å²) >= 11 is 0. The molecule has 0 aromatic rings. The Morgan fingerprint density at radius 2 is 0.314 bits per heavy atom. The first-order valence-corrected chi connectivity index (χ1v) is 20.8. The van der Waals surface area contributed by atoms with Crippen molar-refractivity contribution in [3.05, 3.63) is 0 Å². The Bertz CT molecular complexity index is 541. The molecule has 0 N–H and O–H groups in total. The van der Waals surface area contributed by atoms with E-state index in [0.717, 1.165) is 32.5 Å². The van der Waals surface area contributed by atoms with Gasteiger partial charge in [-0.3, -0.25) is 0 Å². The summed E-state index contributed by atoms with van der Waals surface area (Å²) in [5.74, 6) is 0. The maximum atomic E-state index is 5.68. The van der Waals surface area contributed by atoms with Crippen molar-refractivity contribution >= 4 is 0 Å². The highest BCUT2D eigenvalue weighted by atomic mass is 16.6. The second-order valence-electron chi connectivity index (χ2n) is 12.7. The molecule has 0 aliphatic rings. The van der Waals surface area contributed by atoms with E-state index in [1.807, 2.05) is 0 Å². The highest BCUT2D eigenvalue weighted by Crippen LogP contribution is 2.13. The molecule has 11 heteroatoms. The molecule has 0 saturated carbocycles. The van der Waals surface area contributed by atoms with Crippen LogP contribution in [0.15, 0.2) is 0 Å². The van der Waals surface area contributed by atoms with Crippen molar-refractivity contribution in [2.45, 2.75) is 117 Å². The van der Waals surface area contributed by atoms with Gasteiger partial charge in [0.2, 0.25) is 0 Å². The number of unbranched alkanes of at least 4 members (excludes halogenated alkanes) is 14. The van der Waals surface area contributed by atoms with Gasteiger partial charge in [0.15, 0.2) is 0 Å². The Balaban J connectivity index is 3.04. The van der Waals surface area contributed by atoms with Crippen LogP contribution in [0.5, 0.6) is 0 Å². The van der Waals surface area contributed by atoms with Crippen LogP contribution in [-0.2, 0) is 52.1 Å². The molecule has 11 nitrogen and oxygen atoms in total. The summed E-state index contributed by atoms with van der Waals surface area (Å²) in [4.78, 5) is 0. The van der Waals surface area contributed by atoms with Crippen LogP contribution < -0.4 is 0 Å². The topological polar surface area (TPSA) is 102 Å². The van der Waals surface area contributed by atoms with Gasteiger partial charge in [-0.2, -0.15) is 0 Å². The third-order valence-electron chi connectivity index (χ3n) is 8.00. The van der Waals surface area contributed by atoms with Crippen LogP contribution in [0, 0.1) is 0 Å². The molecule has 0 aliphatic carbocycles. The van der Waals surface area contributed by atoms with Crippen LogP contribution in [0.3, 0.4) is 0 Å². The smallest absolute Gasteiger partial charge is 0.0701 e. The minimum atomic E-state index is 0.528. The molecule has 0 saturated heterocycles. The second-order valence-corrected chi connectivity index (χ2v) is 12.7. The van der Waals surface area contributed by atoms with Gasteiger partial charge in [-0.05, 0) is 12.8 Å². The van der Waals surface area contributed by atoms with E-state index >= 15 is 0 Å². The third kappa shape index (κ3) is 49.6. The highest BCUT2D eigenvalue weighted by Gasteiger charge is 1.98. The lowest BCUT2D eigenvalue weighted by Gasteiger charge is -2.09. The molecule has 51 heavy (non-hydrogen) atoms. The fraction of sp³-hybridized carbons (Fsp3) is 1.00. The fourth-order valence-corrected chi connectivity index (χ4v) is 4.95. The van der Waals surface area contributed by atoms with Crippen molar-refractivity contribution in [1.82, 2.24) is 0 Å². The van der Waals surface area contributed by atoms with Crippen molar-refractivity contribution in [1.29, 1.82) is 0 Å². The van der Waals surface area contributed by atoms with Crippen LogP contribution in [0.4, 0.5) is 0 Å². The molecule has 0 radical (unpaired) electrons. The first-order valence-electron chi connectivity index (χ1n) is 20.8. The van der Waals surface area contributed by atoms with E-state index in [-0.39, 0.29) is 0 Å². The Hall–Kier alpha value is -0.440. The molecule has 0 heterocycles. The summed E-state index contributed by atoms with van der Waals surface area (Å²) in [6.45, 7) is 17.3. The molecule has 0 rings (SSSR count). The number of hydrogen-bond donors (Lipinski definition) is 0. The Labute approximate surface area is 313 Å². The van der Waals surface area contributed by atoms with E-state index in [1.165, 1.54) is 83.5 Å². The number of ether oxygens (including phenoxy) is 11. The van der Waals surface area contributed by atoms with E-state index in [9.17, 15) is 0 Å². The van der Waals surface area contributed by atoms with Crippen molar-refractivity contribution < 1.29 is 52.1 Å². The Morgan fingerprint density at radius 1 is 0.157 bits per heavy atom. The normalized spacial score (nSPS) is 11.6. The van der Waals surface area contributed by atoms with Crippen molar-refractivity contribution in [3.8, 4) is 0 Å². The molecular formula is C40H82O11. The monoisotopic (exact) mass is 739 g/mol. The summed E-state index contributed by atoms with van der Waals surface area (Å²) < 4.78 is 60.7. The predicted molar refractivity (Wildman–Crippen MR) is 204 cm³/mol. The predicted octanol–water partition coefficient (Wildman–Crippen LogP) is 7.45. The summed E-state index contributed by atoms with van der Waals surface area (Å²) in [5.41, 5.74) is 0.